The first-order valence-corrected chi connectivity index (χ1v) is 10.9. The fourth-order valence-electron chi connectivity index (χ4n) is 4.29. The number of aromatic nitrogens is 3. The standard InChI is InChI=1S/C24H27N7O2/c1-29-7-9-31(10-8-29)16-6-4-5-15(11-16)27-24-26-14-20-22(28-24)17-13-21(33-3)19(25)12-18(17)23(32)30(20)2/h4-6,11-14H,7-10,25H2,1-3H3,(H,26,27,28). The normalized spacial score (nSPS) is 14.7. The molecule has 3 N–H and O–H groups in total. The highest BCUT2D eigenvalue weighted by Crippen LogP contribution is 2.31. The highest BCUT2D eigenvalue weighted by molar-refractivity contribution is 6.05. The second-order valence-corrected chi connectivity index (χ2v) is 8.40. The average Bonchev–Trinajstić information content (AvgIpc) is 2.83. The van der Waals surface area contributed by atoms with Gasteiger partial charge in [-0.3, -0.25) is 4.79 Å². The van der Waals surface area contributed by atoms with Crippen molar-refractivity contribution in [1.82, 2.24) is 19.4 Å². The van der Waals surface area contributed by atoms with E-state index in [1.54, 1.807) is 37.1 Å². The number of nitrogens with zero attached hydrogens (tertiary/aromatic N) is 5. The van der Waals surface area contributed by atoms with E-state index in [1.807, 2.05) is 12.1 Å². The molecule has 0 aliphatic carbocycles. The van der Waals surface area contributed by atoms with E-state index in [-0.39, 0.29) is 5.56 Å². The van der Waals surface area contributed by atoms with Gasteiger partial charge in [-0.05, 0) is 37.4 Å². The number of anilines is 4. The molecule has 2 aromatic heterocycles. The van der Waals surface area contributed by atoms with Gasteiger partial charge in [0, 0.05) is 50.0 Å². The molecular weight excluding hydrogens is 418 g/mol. The van der Waals surface area contributed by atoms with E-state index in [0.29, 0.717) is 39.2 Å². The third-order valence-electron chi connectivity index (χ3n) is 6.26. The smallest absolute Gasteiger partial charge is 0.258 e. The van der Waals surface area contributed by atoms with E-state index in [4.69, 9.17) is 15.5 Å². The first-order chi connectivity index (χ1) is 15.9. The molecule has 4 aromatic rings. The molecule has 33 heavy (non-hydrogen) atoms. The number of rotatable bonds is 4. The molecule has 0 bridgehead atoms. The Kier molecular flexibility index (Phi) is 5.26. The Morgan fingerprint density at radius 2 is 1.85 bits per heavy atom. The van der Waals surface area contributed by atoms with Gasteiger partial charge in [0.1, 0.15) is 11.3 Å². The number of hydrogen-bond donors (Lipinski definition) is 2. The van der Waals surface area contributed by atoms with Crippen LogP contribution in [0.25, 0.3) is 21.8 Å². The number of ether oxygens (including phenoxy) is 1. The molecule has 3 heterocycles. The van der Waals surface area contributed by atoms with Crippen molar-refractivity contribution < 1.29 is 4.74 Å². The maximum Gasteiger partial charge on any atom is 0.258 e. The third kappa shape index (κ3) is 3.80. The van der Waals surface area contributed by atoms with Gasteiger partial charge in [0.15, 0.2) is 0 Å². The highest BCUT2D eigenvalue weighted by Gasteiger charge is 2.16. The van der Waals surface area contributed by atoms with Crippen LogP contribution in [-0.4, -0.2) is 59.8 Å². The van der Waals surface area contributed by atoms with Crippen LogP contribution in [0.5, 0.6) is 5.75 Å². The third-order valence-corrected chi connectivity index (χ3v) is 6.26. The monoisotopic (exact) mass is 445 g/mol. The molecule has 5 rings (SSSR count). The first-order valence-electron chi connectivity index (χ1n) is 10.9. The van der Waals surface area contributed by atoms with E-state index < -0.39 is 0 Å². The quantitative estimate of drug-likeness (QED) is 0.365. The van der Waals surface area contributed by atoms with Crippen LogP contribution in [0.2, 0.25) is 0 Å². The molecule has 1 saturated heterocycles. The second-order valence-electron chi connectivity index (χ2n) is 8.40. The SMILES string of the molecule is COc1cc2c(cc1N)c(=O)n(C)c1cnc(Nc3cccc(N4CCN(C)CC4)c3)nc21. The molecule has 0 amide bonds. The van der Waals surface area contributed by atoms with Gasteiger partial charge in [-0.25, -0.2) is 9.97 Å². The number of methoxy groups -OCH3 is 1. The van der Waals surface area contributed by atoms with Crippen molar-refractivity contribution in [1.29, 1.82) is 0 Å². The summed E-state index contributed by atoms with van der Waals surface area (Å²) in [6.07, 6.45) is 1.67. The number of nitrogens with one attached hydrogen (secondary N) is 1. The number of nitrogen functional groups attached to an aromatic ring is 1. The van der Waals surface area contributed by atoms with Crippen molar-refractivity contribution in [2.75, 3.05) is 56.3 Å². The summed E-state index contributed by atoms with van der Waals surface area (Å²) in [5, 5.41) is 4.49. The van der Waals surface area contributed by atoms with Crippen LogP contribution in [-0.2, 0) is 7.05 Å². The Morgan fingerprint density at radius 3 is 2.61 bits per heavy atom. The topological polar surface area (TPSA) is 102 Å². The molecule has 2 aromatic carbocycles. The number of fused-ring (bicyclic) bond motifs is 3. The molecule has 9 nitrogen and oxygen atoms in total. The van der Waals surface area contributed by atoms with Crippen LogP contribution in [0, 0.1) is 0 Å². The molecule has 0 radical (unpaired) electrons. The van der Waals surface area contributed by atoms with Crippen LogP contribution in [0.15, 0.2) is 47.4 Å². The predicted octanol–water partition coefficient (Wildman–Crippen LogP) is 2.57. The molecule has 170 valence electrons. The fourth-order valence-corrected chi connectivity index (χ4v) is 4.29. The van der Waals surface area contributed by atoms with Crippen LogP contribution >= 0.6 is 0 Å². The summed E-state index contributed by atoms with van der Waals surface area (Å²) in [6, 6.07) is 11.7. The van der Waals surface area contributed by atoms with Gasteiger partial charge in [-0.2, -0.15) is 0 Å². The zero-order chi connectivity index (χ0) is 23.1. The minimum absolute atomic E-state index is 0.156. The van der Waals surface area contributed by atoms with E-state index in [9.17, 15) is 4.79 Å². The number of aryl methyl sites for hydroxylation is 1. The summed E-state index contributed by atoms with van der Waals surface area (Å²) in [5.74, 6) is 0.957. The Morgan fingerprint density at radius 1 is 1.06 bits per heavy atom. The van der Waals surface area contributed by atoms with Gasteiger partial charge in [0.2, 0.25) is 5.95 Å². The Balaban J connectivity index is 1.55. The van der Waals surface area contributed by atoms with Gasteiger partial charge in [-0.1, -0.05) is 6.07 Å². The second kappa shape index (κ2) is 8.25. The number of nitrogens with two attached hydrogens (primary N) is 1. The van der Waals surface area contributed by atoms with Gasteiger partial charge < -0.3 is 30.2 Å². The Labute approximate surface area is 191 Å². The lowest BCUT2D eigenvalue weighted by atomic mass is 10.1. The van der Waals surface area contributed by atoms with E-state index >= 15 is 0 Å². The van der Waals surface area contributed by atoms with Gasteiger partial charge in [0.05, 0.1) is 29.9 Å². The van der Waals surface area contributed by atoms with E-state index in [0.717, 1.165) is 31.9 Å². The first kappa shape index (κ1) is 21.0. The minimum atomic E-state index is -0.156. The molecule has 1 aliphatic heterocycles. The van der Waals surface area contributed by atoms with Gasteiger partial charge in [-0.15, -0.1) is 0 Å². The van der Waals surface area contributed by atoms with Crippen LogP contribution in [0.4, 0.5) is 23.0 Å². The molecular formula is C24H27N7O2. The molecule has 1 fully saturated rings. The van der Waals surface area contributed by atoms with Crippen molar-refractivity contribution in [2.45, 2.75) is 0 Å². The fraction of sp³-hybridized carbons (Fsp3) is 0.292. The Bertz CT molecular complexity index is 1410. The predicted molar refractivity (Wildman–Crippen MR) is 133 cm³/mol. The molecule has 0 atom stereocenters. The van der Waals surface area contributed by atoms with Crippen molar-refractivity contribution in [2.24, 2.45) is 7.05 Å². The lowest BCUT2D eigenvalue weighted by Crippen LogP contribution is -2.44. The molecule has 1 aliphatic rings. The largest absolute Gasteiger partial charge is 0.495 e. The lowest BCUT2D eigenvalue weighted by Gasteiger charge is -2.34. The molecule has 0 unspecified atom stereocenters. The summed E-state index contributed by atoms with van der Waals surface area (Å²) in [6.45, 7) is 4.09. The van der Waals surface area contributed by atoms with Crippen molar-refractivity contribution in [3.63, 3.8) is 0 Å². The maximum absolute atomic E-state index is 12.9. The van der Waals surface area contributed by atoms with Crippen molar-refractivity contribution >= 4 is 44.8 Å². The van der Waals surface area contributed by atoms with Gasteiger partial charge in [0.25, 0.3) is 5.56 Å². The minimum Gasteiger partial charge on any atom is -0.495 e. The van der Waals surface area contributed by atoms with E-state index in [2.05, 4.69) is 39.3 Å². The van der Waals surface area contributed by atoms with Crippen LogP contribution < -0.4 is 26.2 Å². The van der Waals surface area contributed by atoms with Crippen LogP contribution in [0.1, 0.15) is 0 Å². The number of likely N-dealkylation sites (N-methyl/N-ethyl adjacent to an activating group) is 1. The number of benzene rings is 2. The van der Waals surface area contributed by atoms with Crippen molar-refractivity contribution in [3.8, 4) is 5.75 Å². The summed E-state index contributed by atoms with van der Waals surface area (Å²) < 4.78 is 6.92. The average molecular weight is 446 g/mol. The summed E-state index contributed by atoms with van der Waals surface area (Å²) >= 11 is 0. The zero-order valence-corrected chi connectivity index (χ0v) is 19.0. The van der Waals surface area contributed by atoms with Gasteiger partial charge >= 0.3 is 0 Å². The molecule has 9 heteroatoms. The Hall–Kier alpha value is -3.85. The highest BCUT2D eigenvalue weighted by atomic mass is 16.5. The molecule has 0 saturated carbocycles. The maximum atomic E-state index is 12.9. The van der Waals surface area contributed by atoms with Crippen molar-refractivity contribution in [3.05, 3.63) is 52.9 Å². The zero-order valence-electron chi connectivity index (χ0n) is 19.0. The van der Waals surface area contributed by atoms with E-state index in [1.165, 1.54) is 5.69 Å². The van der Waals surface area contributed by atoms with Crippen LogP contribution in [0.3, 0.4) is 0 Å². The molecule has 0 spiro atoms. The number of piperazine rings is 1. The summed E-state index contributed by atoms with van der Waals surface area (Å²) in [4.78, 5) is 26.8. The number of hydrogen-bond acceptors (Lipinski definition) is 8. The summed E-state index contributed by atoms with van der Waals surface area (Å²) in [5.41, 5.74) is 9.66. The lowest BCUT2D eigenvalue weighted by molar-refractivity contribution is 0.313. The summed E-state index contributed by atoms with van der Waals surface area (Å²) in [7, 11) is 5.41. The number of pyridine rings is 1.